The van der Waals surface area contributed by atoms with Gasteiger partial charge in [0.05, 0.1) is 5.56 Å². The first kappa shape index (κ1) is 16.2. The predicted molar refractivity (Wildman–Crippen MR) is 87.0 cm³/mol. The summed E-state index contributed by atoms with van der Waals surface area (Å²) >= 11 is 0. The van der Waals surface area contributed by atoms with Gasteiger partial charge in [0.25, 0.3) is 5.91 Å². The number of carbonyl (C=O) groups is 3. The number of hydrogen-bond acceptors (Lipinski definition) is 4. The van der Waals surface area contributed by atoms with Crippen molar-refractivity contribution >= 4 is 17.7 Å². The minimum Gasteiger partial charge on any atom is -0.322 e. The number of benzene rings is 1. The van der Waals surface area contributed by atoms with Crippen LogP contribution in [-0.2, 0) is 16.1 Å². The molecule has 2 unspecified atom stereocenters. The summed E-state index contributed by atoms with van der Waals surface area (Å²) in [6.45, 7) is 1.11. The molecule has 0 spiro atoms. The molecule has 3 heterocycles. The molecule has 2 fully saturated rings. The molecule has 6 nitrogen and oxygen atoms in total. The number of hydrogen-bond donors (Lipinski definition) is 2. The Balaban J connectivity index is 1.61. The first-order valence-corrected chi connectivity index (χ1v) is 8.75. The van der Waals surface area contributed by atoms with Gasteiger partial charge in [-0.05, 0) is 43.0 Å². The van der Waals surface area contributed by atoms with E-state index < -0.39 is 23.7 Å². The number of nitrogens with one attached hydrogen (secondary N) is 2. The molecule has 3 aliphatic heterocycles. The van der Waals surface area contributed by atoms with Gasteiger partial charge in [-0.1, -0.05) is 12.5 Å². The van der Waals surface area contributed by atoms with E-state index in [2.05, 4.69) is 10.6 Å². The second kappa shape index (κ2) is 6.22. The van der Waals surface area contributed by atoms with Gasteiger partial charge >= 0.3 is 0 Å². The molecule has 3 aliphatic rings. The molecular formula is C18H20FN3O3. The smallest absolute Gasteiger partial charge is 0.258 e. The molecule has 0 aromatic heterocycles. The molecule has 2 saturated heterocycles. The highest BCUT2D eigenvalue weighted by Gasteiger charge is 2.40. The van der Waals surface area contributed by atoms with Crippen LogP contribution in [0.25, 0.3) is 0 Å². The zero-order valence-electron chi connectivity index (χ0n) is 13.8. The number of imide groups is 1. The third-order valence-electron chi connectivity index (χ3n) is 5.31. The minimum absolute atomic E-state index is 0.0595. The van der Waals surface area contributed by atoms with E-state index >= 15 is 0 Å². The topological polar surface area (TPSA) is 78.5 Å². The van der Waals surface area contributed by atoms with Crippen LogP contribution in [0.15, 0.2) is 12.1 Å². The molecule has 2 atom stereocenters. The van der Waals surface area contributed by atoms with Crippen LogP contribution >= 0.6 is 0 Å². The van der Waals surface area contributed by atoms with Crippen molar-refractivity contribution in [1.29, 1.82) is 0 Å². The van der Waals surface area contributed by atoms with E-state index in [1.165, 1.54) is 11.0 Å². The lowest BCUT2D eigenvalue weighted by atomic mass is 9.94. The normalized spacial score (nSPS) is 26.6. The second-order valence-corrected chi connectivity index (χ2v) is 6.94. The first-order valence-electron chi connectivity index (χ1n) is 8.75. The summed E-state index contributed by atoms with van der Waals surface area (Å²) in [6, 6.07) is 2.71. The van der Waals surface area contributed by atoms with E-state index in [0.29, 0.717) is 5.56 Å². The lowest BCUT2D eigenvalue weighted by Gasteiger charge is -2.29. The Morgan fingerprint density at radius 2 is 1.96 bits per heavy atom. The van der Waals surface area contributed by atoms with Crippen LogP contribution in [-0.4, -0.2) is 35.2 Å². The molecule has 4 rings (SSSR count). The van der Waals surface area contributed by atoms with Gasteiger partial charge in [0.2, 0.25) is 11.8 Å². The fourth-order valence-corrected chi connectivity index (χ4v) is 4.02. The van der Waals surface area contributed by atoms with Gasteiger partial charge in [0.1, 0.15) is 11.9 Å². The summed E-state index contributed by atoms with van der Waals surface area (Å²) < 4.78 is 14.6. The third-order valence-corrected chi connectivity index (χ3v) is 5.31. The van der Waals surface area contributed by atoms with Crippen molar-refractivity contribution in [2.45, 2.75) is 50.7 Å². The molecule has 0 bridgehead atoms. The number of halogens is 1. The molecule has 2 N–H and O–H groups in total. The van der Waals surface area contributed by atoms with Crippen molar-refractivity contribution < 1.29 is 18.8 Å². The maximum atomic E-state index is 14.6. The van der Waals surface area contributed by atoms with Crippen LogP contribution in [0, 0.1) is 5.82 Å². The number of rotatable bonds is 2. The van der Waals surface area contributed by atoms with Crippen molar-refractivity contribution in [2.75, 3.05) is 6.54 Å². The van der Waals surface area contributed by atoms with E-state index in [-0.39, 0.29) is 36.9 Å². The summed E-state index contributed by atoms with van der Waals surface area (Å²) in [6.07, 6.45) is 3.63. The van der Waals surface area contributed by atoms with Crippen molar-refractivity contribution in [1.82, 2.24) is 15.5 Å². The van der Waals surface area contributed by atoms with Crippen LogP contribution in [0.1, 0.15) is 59.6 Å². The predicted octanol–water partition coefficient (Wildman–Crippen LogP) is 1.40. The number of nitrogens with zero attached hydrogens (tertiary/aromatic N) is 1. The van der Waals surface area contributed by atoms with E-state index in [0.717, 1.165) is 31.4 Å². The zero-order chi connectivity index (χ0) is 17.6. The van der Waals surface area contributed by atoms with Gasteiger partial charge in [-0.15, -0.1) is 0 Å². The van der Waals surface area contributed by atoms with Gasteiger partial charge in [-0.3, -0.25) is 19.7 Å². The standard InChI is InChI=1S/C18H20FN3O3/c19-12-8-10(13-3-1-2-6-20-13)7-11-9-22(18(25)16(11)12)14-4-5-15(23)21-17(14)24/h7-8,13-14,20H,1-6,9H2,(H,21,23,24). The van der Waals surface area contributed by atoms with Crippen molar-refractivity contribution in [3.05, 3.63) is 34.6 Å². The maximum absolute atomic E-state index is 14.6. The zero-order valence-corrected chi connectivity index (χ0v) is 13.8. The number of carbonyl (C=O) groups excluding carboxylic acids is 3. The largest absolute Gasteiger partial charge is 0.322 e. The highest BCUT2D eigenvalue weighted by Crippen LogP contribution is 2.33. The fraction of sp³-hybridized carbons (Fsp3) is 0.500. The summed E-state index contributed by atoms with van der Waals surface area (Å²) in [4.78, 5) is 37.4. The summed E-state index contributed by atoms with van der Waals surface area (Å²) in [5.74, 6) is -1.81. The molecule has 0 radical (unpaired) electrons. The van der Waals surface area contributed by atoms with E-state index in [1.54, 1.807) is 0 Å². The van der Waals surface area contributed by atoms with E-state index in [1.807, 2.05) is 6.07 Å². The number of piperidine rings is 2. The third kappa shape index (κ3) is 2.82. The van der Waals surface area contributed by atoms with Crippen LogP contribution in [0.5, 0.6) is 0 Å². The minimum atomic E-state index is -0.715. The fourth-order valence-electron chi connectivity index (χ4n) is 4.02. The highest BCUT2D eigenvalue weighted by atomic mass is 19.1. The Kier molecular flexibility index (Phi) is 4.03. The van der Waals surface area contributed by atoms with Crippen LogP contribution < -0.4 is 10.6 Å². The second-order valence-electron chi connectivity index (χ2n) is 6.94. The molecular weight excluding hydrogens is 325 g/mol. The number of amides is 3. The lowest BCUT2D eigenvalue weighted by molar-refractivity contribution is -0.136. The molecule has 132 valence electrons. The Morgan fingerprint density at radius 3 is 2.68 bits per heavy atom. The highest BCUT2D eigenvalue weighted by molar-refractivity contribution is 6.05. The average Bonchev–Trinajstić information content (AvgIpc) is 2.93. The molecule has 1 aromatic rings. The average molecular weight is 345 g/mol. The molecule has 3 amide bonds. The van der Waals surface area contributed by atoms with Crippen LogP contribution in [0.4, 0.5) is 4.39 Å². The summed E-state index contributed by atoms with van der Waals surface area (Å²) in [5, 5.41) is 5.64. The van der Waals surface area contributed by atoms with Gasteiger partial charge in [0, 0.05) is 19.0 Å². The van der Waals surface area contributed by atoms with Crippen molar-refractivity contribution in [3.63, 3.8) is 0 Å². The Hall–Kier alpha value is -2.28. The van der Waals surface area contributed by atoms with Crippen LogP contribution in [0.3, 0.4) is 0 Å². The van der Waals surface area contributed by atoms with Gasteiger partial charge in [0.15, 0.2) is 0 Å². The molecule has 0 aliphatic carbocycles. The SMILES string of the molecule is O=C1CCC(N2Cc3cc(C4CCCCN4)cc(F)c3C2=O)C(=O)N1. The van der Waals surface area contributed by atoms with Gasteiger partial charge in [-0.2, -0.15) is 0 Å². The Labute approximate surface area is 144 Å². The Bertz CT molecular complexity index is 758. The van der Waals surface area contributed by atoms with Gasteiger partial charge in [-0.25, -0.2) is 4.39 Å². The Morgan fingerprint density at radius 1 is 1.12 bits per heavy atom. The summed E-state index contributed by atoms with van der Waals surface area (Å²) in [7, 11) is 0. The van der Waals surface area contributed by atoms with Crippen molar-refractivity contribution in [3.8, 4) is 0 Å². The molecule has 1 aromatic carbocycles. The van der Waals surface area contributed by atoms with Gasteiger partial charge < -0.3 is 10.2 Å². The van der Waals surface area contributed by atoms with Crippen molar-refractivity contribution in [2.24, 2.45) is 0 Å². The van der Waals surface area contributed by atoms with Crippen LogP contribution in [0.2, 0.25) is 0 Å². The first-order chi connectivity index (χ1) is 12.0. The monoisotopic (exact) mass is 345 g/mol. The molecule has 7 heteroatoms. The number of fused-ring (bicyclic) bond motifs is 1. The lowest BCUT2D eigenvalue weighted by Crippen LogP contribution is -2.52. The maximum Gasteiger partial charge on any atom is 0.258 e. The summed E-state index contributed by atoms with van der Waals surface area (Å²) in [5.41, 5.74) is 1.54. The molecule has 0 saturated carbocycles. The van der Waals surface area contributed by atoms with E-state index in [4.69, 9.17) is 0 Å². The molecule has 25 heavy (non-hydrogen) atoms. The van der Waals surface area contributed by atoms with E-state index in [9.17, 15) is 18.8 Å². The quantitative estimate of drug-likeness (QED) is 0.795.